The zero-order chi connectivity index (χ0) is 23.1. The molecular formula is C19H20F3N3O5S. The number of carbonyl (C=O) groups is 2. The van der Waals surface area contributed by atoms with Gasteiger partial charge in [0.05, 0.1) is 4.90 Å². The highest BCUT2D eigenvalue weighted by molar-refractivity contribution is 7.89. The second-order valence-electron chi connectivity index (χ2n) is 6.15. The average Bonchev–Trinajstić information content (AvgIpc) is 2.70. The third-order valence-electron chi connectivity index (χ3n) is 3.82. The van der Waals surface area contributed by atoms with E-state index in [0.717, 1.165) is 24.3 Å². The molecule has 2 aromatic rings. The van der Waals surface area contributed by atoms with Crippen LogP contribution in [0.2, 0.25) is 0 Å². The quantitative estimate of drug-likeness (QED) is 0.499. The summed E-state index contributed by atoms with van der Waals surface area (Å²) in [5, 5.41) is 5.18. The molecule has 2 aromatic carbocycles. The van der Waals surface area contributed by atoms with Crippen LogP contribution < -0.4 is 20.1 Å². The highest BCUT2D eigenvalue weighted by atomic mass is 32.2. The molecule has 0 atom stereocenters. The number of amides is 2. The van der Waals surface area contributed by atoms with Crippen molar-refractivity contribution < 1.29 is 35.9 Å². The monoisotopic (exact) mass is 459 g/mol. The van der Waals surface area contributed by atoms with Crippen LogP contribution in [0.5, 0.6) is 5.75 Å². The first-order chi connectivity index (χ1) is 14.5. The minimum atomic E-state index is -4.87. The van der Waals surface area contributed by atoms with E-state index in [2.05, 4.69) is 20.1 Å². The normalized spacial score (nSPS) is 11.6. The molecule has 0 aromatic heterocycles. The summed E-state index contributed by atoms with van der Waals surface area (Å²) in [5.74, 6) is -1.15. The highest BCUT2D eigenvalue weighted by Crippen LogP contribution is 2.23. The second-order valence-corrected chi connectivity index (χ2v) is 7.92. The van der Waals surface area contributed by atoms with Crippen LogP contribution in [-0.4, -0.2) is 39.7 Å². The molecule has 0 spiro atoms. The fourth-order valence-electron chi connectivity index (χ4n) is 2.32. The molecule has 0 aliphatic rings. The Bertz CT molecular complexity index is 1010. The lowest BCUT2D eigenvalue weighted by atomic mass is 10.2. The molecule has 0 unspecified atom stereocenters. The highest BCUT2D eigenvalue weighted by Gasteiger charge is 2.31. The predicted molar refractivity (Wildman–Crippen MR) is 106 cm³/mol. The van der Waals surface area contributed by atoms with Gasteiger partial charge in [-0.25, -0.2) is 13.1 Å². The van der Waals surface area contributed by atoms with Gasteiger partial charge in [-0.05, 0) is 48.5 Å². The van der Waals surface area contributed by atoms with Gasteiger partial charge in [0.1, 0.15) is 5.75 Å². The summed E-state index contributed by atoms with van der Waals surface area (Å²) in [4.78, 5) is 23.2. The smallest absolute Gasteiger partial charge is 0.406 e. The molecule has 2 rings (SSSR count). The maximum atomic E-state index is 12.2. The number of ether oxygens (including phenoxy) is 1. The molecule has 0 heterocycles. The molecule has 0 fully saturated rings. The third-order valence-corrected chi connectivity index (χ3v) is 5.30. The Labute approximate surface area is 176 Å². The number of halogens is 3. The molecule has 0 bridgehead atoms. The fraction of sp³-hybridized carbons (Fsp3) is 0.263. The predicted octanol–water partition coefficient (Wildman–Crippen LogP) is 2.64. The van der Waals surface area contributed by atoms with Crippen molar-refractivity contribution in [2.45, 2.75) is 24.6 Å². The Morgan fingerprint density at radius 1 is 0.968 bits per heavy atom. The lowest BCUT2D eigenvalue weighted by Crippen LogP contribution is -2.34. The Morgan fingerprint density at radius 2 is 1.58 bits per heavy atom. The van der Waals surface area contributed by atoms with E-state index in [4.69, 9.17) is 0 Å². The van der Waals surface area contributed by atoms with Crippen molar-refractivity contribution in [3.05, 3.63) is 54.1 Å². The van der Waals surface area contributed by atoms with Gasteiger partial charge in [-0.15, -0.1) is 13.2 Å². The first-order valence-electron chi connectivity index (χ1n) is 9.04. The molecule has 8 nitrogen and oxygen atoms in total. The average molecular weight is 459 g/mol. The van der Waals surface area contributed by atoms with Gasteiger partial charge in [-0.3, -0.25) is 9.59 Å². The molecule has 0 radical (unpaired) electrons. The molecule has 12 heteroatoms. The number of hydrogen-bond acceptors (Lipinski definition) is 5. The van der Waals surface area contributed by atoms with Crippen LogP contribution in [0, 0.1) is 0 Å². The van der Waals surface area contributed by atoms with Gasteiger partial charge >= 0.3 is 6.36 Å². The van der Waals surface area contributed by atoms with E-state index < -0.39 is 28.0 Å². The number of sulfonamides is 1. The lowest BCUT2D eigenvalue weighted by molar-refractivity contribution is -0.274. The van der Waals surface area contributed by atoms with E-state index >= 15 is 0 Å². The number of anilines is 1. The Hall–Kier alpha value is -3.12. The van der Waals surface area contributed by atoms with E-state index in [1.54, 1.807) is 19.1 Å². The summed E-state index contributed by atoms with van der Waals surface area (Å²) in [6.07, 6.45) is -4.55. The summed E-state index contributed by atoms with van der Waals surface area (Å²) in [5.41, 5.74) is 0.862. The summed E-state index contributed by atoms with van der Waals surface area (Å²) < 4.78 is 66.7. The summed E-state index contributed by atoms with van der Waals surface area (Å²) in [6, 6.07) is 9.87. The summed E-state index contributed by atoms with van der Waals surface area (Å²) in [6.45, 7) is 1.55. The maximum absolute atomic E-state index is 12.2. The van der Waals surface area contributed by atoms with Gasteiger partial charge in [0, 0.05) is 30.8 Å². The van der Waals surface area contributed by atoms with E-state index in [0.29, 0.717) is 17.7 Å². The van der Waals surface area contributed by atoms with E-state index in [1.807, 2.05) is 0 Å². The maximum Gasteiger partial charge on any atom is 0.573 e. The molecule has 0 saturated heterocycles. The van der Waals surface area contributed by atoms with Crippen molar-refractivity contribution in [2.24, 2.45) is 0 Å². The number of benzene rings is 2. The number of hydrogen-bond donors (Lipinski definition) is 3. The topological polar surface area (TPSA) is 114 Å². The SMILES string of the molecule is CCC(=O)Nc1ccc(C(=O)NCCNS(=O)(=O)c2ccc(OC(F)(F)F)cc2)cc1. The van der Waals surface area contributed by atoms with Crippen molar-refractivity contribution >= 4 is 27.5 Å². The third kappa shape index (κ3) is 7.90. The zero-order valence-electron chi connectivity index (χ0n) is 16.3. The minimum Gasteiger partial charge on any atom is -0.406 e. The number of alkyl halides is 3. The Kier molecular flexibility index (Phi) is 8.00. The van der Waals surface area contributed by atoms with Crippen LogP contribution in [0.3, 0.4) is 0 Å². The van der Waals surface area contributed by atoms with Crippen LogP contribution in [-0.2, 0) is 14.8 Å². The molecule has 0 saturated carbocycles. The Balaban J connectivity index is 1.83. The second kappa shape index (κ2) is 10.3. The van der Waals surface area contributed by atoms with Crippen molar-refractivity contribution in [3.63, 3.8) is 0 Å². The van der Waals surface area contributed by atoms with Crippen molar-refractivity contribution in [3.8, 4) is 5.75 Å². The van der Waals surface area contributed by atoms with Crippen molar-refractivity contribution in [1.82, 2.24) is 10.0 Å². The van der Waals surface area contributed by atoms with Gasteiger partial charge in [0.15, 0.2) is 0 Å². The standard InChI is InChI=1S/C19H20F3N3O5S/c1-2-17(26)25-14-5-3-13(4-6-14)18(27)23-11-12-24-31(28,29)16-9-7-15(8-10-16)30-19(20,21)22/h3-10,24H,2,11-12H2,1H3,(H,23,27)(H,25,26). The summed E-state index contributed by atoms with van der Waals surface area (Å²) in [7, 11) is -3.98. The van der Waals surface area contributed by atoms with Crippen LogP contribution in [0.4, 0.5) is 18.9 Å². The van der Waals surface area contributed by atoms with E-state index in [1.165, 1.54) is 12.1 Å². The molecule has 3 N–H and O–H groups in total. The van der Waals surface area contributed by atoms with Crippen LogP contribution >= 0.6 is 0 Å². The van der Waals surface area contributed by atoms with Crippen LogP contribution in [0.1, 0.15) is 23.7 Å². The number of carbonyl (C=O) groups excluding carboxylic acids is 2. The molecule has 31 heavy (non-hydrogen) atoms. The minimum absolute atomic E-state index is 0.0261. The molecular weight excluding hydrogens is 439 g/mol. The summed E-state index contributed by atoms with van der Waals surface area (Å²) >= 11 is 0. The first-order valence-corrected chi connectivity index (χ1v) is 10.5. The van der Waals surface area contributed by atoms with Gasteiger partial charge in [0.25, 0.3) is 5.91 Å². The molecule has 2 amide bonds. The van der Waals surface area contributed by atoms with Crippen molar-refractivity contribution in [2.75, 3.05) is 18.4 Å². The first kappa shape index (κ1) is 24.2. The van der Waals surface area contributed by atoms with Gasteiger partial charge < -0.3 is 15.4 Å². The fourth-order valence-corrected chi connectivity index (χ4v) is 3.35. The lowest BCUT2D eigenvalue weighted by Gasteiger charge is -2.11. The van der Waals surface area contributed by atoms with Crippen molar-refractivity contribution in [1.29, 1.82) is 0 Å². The largest absolute Gasteiger partial charge is 0.573 e. The number of nitrogens with one attached hydrogen (secondary N) is 3. The molecule has 0 aliphatic carbocycles. The van der Waals surface area contributed by atoms with E-state index in [9.17, 15) is 31.2 Å². The van der Waals surface area contributed by atoms with Gasteiger partial charge in [0.2, 0.25) is 15.9 Å². The van der Waals surface area contributed by atoms with Crippen LogP contribution in [0.25, 0.3) is 0 Å². The molecule has 168 valence electrons. The Morgan fingerprint density at radius 3 is 2.13 bits per heavy atom. The zero-order valence-corrected chi connectivity index (χ0v) is 17.1. The molecule has 0 aliphatic heterocycles. The number of rotatable bonds is 9. The van der Waals surface area contributed by atoms with Crippen LogP contribution in [0.15, 0.2) is 53.4 Å². The van der Waals surface area contributed by atoms with Gasteiger partial charge in [-0.1, -0.05) is 6.92 Å². The van der Waals surface area contributed by atoms with E-state index in [-0.39, 0.29) is 23.9 Å². The van der Waals surface area contributed by atoms with Gasteiger partial charge in [-0.2, -0.15) is 0 Å².